The summed E-state index contributed by atoms with van der Waals surface area (Å²) in [5.74, 6) is -1.37. The molecule has 1 atom stereocenters. The van der Waals surface area contributed by atoms with E-state index in [-0.39, 0.29) is 6.61 Å². The Hall–Kier alpha value is -1.87. The molecular formula is C9H6ClFN2O3. The van der Waals surface area contributed by atoms with Crippen LogP contribution in [0.2, 0.25) is 0 Å². The second kappa shape index (κ2) is 5.28. The van der Waals surface area contributed by atoms with Crippen molar-refractivity contribution in [1.29, 1.82) is 5.26 Å². The molecule has 1 rings (SSSR count). The smallest absolute Gasteiger partial charge is 0.314 e. The number of benzene rings is 1. The summed E-state index contributed by atoms with van der Waals surface area (Å²) < 4.78 is 18.0. The summed E-state index contributed by atoms with van der Waals surface area (Å²) in [7, 11) is 0. The number of hydrogen-bond acceptors (Lipinski definition) is 4. The van der Waals surface area contributed by atoms with Crippen molar-refractivity contribution < 1.29 is 14.1 Å². The fraction of sp³-hybridized carbons (Fsp3) is 0.222. The summed E-state index contributed by atoms with van der Waals surface area (Å²) in [5.41, 5.74) is -0.498. The number of alkyl halides is 1. The molecule has 7 heteroatoms. The van der Waals surface area contributed by atoms with Gasteiger partial charge in [-0.3, -0.25) is 10.1 Å². The monoisotopic (exact) mass is 244 g/mol. The summed E-state index contributed by atoms with van der Waals surface area (Å²) in [6.45, 7) is -0.320. The fourth-order valence-electron chi connectivity index (χ4n) is 0.978. The Morgan fingerprint density at radius 1 is 1.69 bits per heavy atom. The fourth-order valence-corrected chi connectivity index (χ4v) is 1.04. The number of nitrogens with zero attached hydrogens (tertiary/aromatic N) is 2. The Bertz CT molecular complexity index is 447. The first kappa shape index (κ1) is 12.2. The van der Waals surface area contributed by atoms with Crippen LogP contribution in [0.1, 0.15) is 0 Å². The van der Waals surface area contributed by atoms with E-state index in [2.05, 4.69) is 0 Å². The average molecular weight is 245 g/mol. The summed E-state index contributed by atoms with van der Waals surface area (Å²) in [6, 6.07) is 4.98. The van der Waals surface area contributed by atoms with Crippen LogP contribution in [-0.2, 0) is 0 Å². The normalized spacial score (nSPS) is 11.6. The lowest BCUT2D eigenvalue weighted by atomic mass is 10.3. The number of ether oxygens (including phenoxy) is 1. The molecule has 1 aromatic carbocycles. The van der Waals surface area contributed by atoms with Crippen LogP contribution in [0.5, 0.6) is 5.75 Å². The third-order valence-corrected chi connectivity index (χ3v) is 1.88. The Morgan fingerprint density at radius 2 is 2.38 bits per heavy atom. The zero-order valence-electron chi connectivity index (χ0n) is 7.89. The number of rotatable bonds is 4. The van der Waals surface area contributed by atoms with Gasteiger partial charge in [0.25, 0.3) is 0 Å². The van der Waals surface area contributed by atoms with Crippen LogP contribution in [0.4, 0.5) is 10.1 Å². The molecule has 84 valence electrons. The second-order valence-corrected chi connectivity index (χ2v) is 3.28. The Kier molecular flexibility index (Phi) is 4.03. The Balaban J connectivity index is 2.94. The number of nitriles is 1. The standard InChI is InChI=1S/C9H6ClFN2O3/c10-6(4-12)5-16-9-7(11)2-1-3-8(9)13(14)15/h1-3,6H,5H2. The molecule has 0 spiro atoms. The largest absolute Gasteiger partial charge is 0.482 e. The maximum Gasteiger partial charge on any atom is 0.314 e. The predicted octanol–water partition coefficient (Wildman–Crippen LogP) is 2.24. The van der Waals surface area contributed by atoms with Crippen LogP contribution in [0.3, 0.4) is 0 Å². The third kappa shape index (κ3) is 2.81. The SMILES string of the molecule is N#CC(Cl)COc1c(F)cccc1[N+](=O)[O-]. The number of hydrogen-bond donors (Lipinski definition) is 0. The van der Waals surface area contributed by atoms with Gasteiger partial charge in [0.1, 0.15) is 6.61 Å². The van der Waals surface area contributed by atoms with Gasteiger partial charge in [0, 0.05) is 6.07 Å². The zero-order chi connectivity index (χ0) is 12.1. The van der Waals surface area contributed by atoms with E-state index >= 15 is 0 Å². The van der Waals surface area contributed by atoms with E-state index in [1.54, 1.807) is 6.07 Å². The molecule has 1 aromatic rings. The molecule has 5 nitrogen and oxygen atoms in total. The molecule has 0 N–H and O–H groups in total. The van der Waals surface area contributed by atoms with Gasteiger partial charge in [0.15, 0.2) is 11.2 Å². The van der Waals surface area contributed by atoms with Crippen LogP contribution >= 0.6 is 11.6 Å². The third-order valence-electron chi connectivity index (χ3n) is 1.66. The minimum atomic E-state index is -0.987. The molecule has 0 aliphatic carbocycles. The second-order valence-electron chi connectivity index (χ2n) is 2.75. The van der Waals surface area contributed by atoms with Crippen LogP contribution in [0, 0.1) is 27.3 Å². The van der Waals surface area contributed by atoms with Gasteiger partial charge in [0.2, 0.25) is 5.75 Å². The molecule has 0 bridgehead atoms. The van der Waals surface area contributed by atoms with E-state index in [0.29, 0.717) is 0 Å². The maximum atomic E-state index is 13.2. The highest BCUT2D eigenvalue weighted by molar-refractivity contribution is 6.22. The van der Waals surface area contributed by atoms with E-state index in [1.807, 2.05) is 0 Å². The van der Waals surface area contributed by atoms with Crippen LogP contribution < -0.4 is 4.74 Å². The summed E-state index contributed by atoms with van der Waals surface area (Å²) in [4.78, 5) is 9.78. The molecule has 0 aliphatic rings. The highest BCUT2D eigenvalue weighted by Crippen LogP contribution is 2.29. The first-order chi connectivity index (χ1) is 7.56. The van der Waals surface area contributed by atoms with E-state index in [9.17, 15) is 14.5 Å². The lowest BCUT2D eigenvalue weighted by Gasteiger charge is -2.07. The molecule has 16 heavy (non-hydrogen) atoms. The topological polar surface area (TPSA) is 76.2 Å². The Labute approximate surface area is 95.2 Å². The highest BCUT2D eigenvalue weighted by Gasteiger charge is 2.20. The van der Waals surface area contributed by atoms with Crippen molar-refractivity contribution in [2.75, 3.05) is 6.61 Å². The molecule has 0 fully saturated rings. The van der Waals surface area contributed by atoms with Gasteiger partial charge in [-0.05, 0) is 6.07 Å². The zero-order valence-corrected chi connectivity index (χ0v) is 8.65. The van der Waals surface area contributed by atoms with Crippen molar-refractivity contribution in [2.24, 2.45) is 0 Å². The summed E-state index contributed by atoms with van der Waals surface area (Å²) in [6.07, 6.45) is 0. The van der Waals surface area contributed by atoms with Crippen molar-refractivity contribution in [3.05, 3.63) is 34.1 Å². The summed E-state index contributed by atoms with van der Waals surface area (Å²) in [5, 5.41) is 17.9. The van der Waals surface area contributed by atoms with Crippen molar-refractivity contribution >= 4 is 17.3 Å². The molecule has 0 aliphatic heterocycles. The van der Waals surface area contributed by atoms with Crippen molar-refractivity contribution in [1.82, 2.24) is 0 Å². The quantitative estimate of drug-likeness (QED) is 0.462. The minimum absolute atomic E-state index is 0.320. The Morgan fingerprint density at radius 3 is 2.94 bits per heavy atom. The first-order valence-corrected chi connectivity index (χ1v) is 4.59. The van der Waals surface area contributed by atoms with E-state index in [4.69, 9.17) is 21.6 Å². The molecule has 0 radical (unpaired) electrons. The van der Waals surface area contributed by atoms with Gasteiger partial charge >= 0.3 is 5.69 Å². The van der Waals surface area contributed by atoms with Crippen molar-refractivity contribution in [2.45, 2.75) is 5.38 Å². The van der Waals surface area contributed by atoms with Gasteiger partial charge in [0.05, 0.1) is 11.0 Å². The van der Waals surface area contributed by atoms with Gasteiger partial charge in [-0.25, -0.2) is 4.39 Å². The van der Waals surface area contributed by atoms with E-state index in [0.717, 1.165) is 12.1 Å². The minimum Gasteiger partial charge on any atom is -0.482 e. The van der Waals surface area contributed by atoms with E-state index in [1.165, 1.54) is 6.07 Å². The molecule has 0 heterocycles. The summed E-state index contributed by atoms with van der Waals surface area (Å²) >= 11 is 5.42. The lowest BCUT2D eigenvalue weighted by molar-refractivity contribution is -0.386. The van der Waals surface area contributed by atoms with Crippen molar-refractivity contribution in [3.63, 3.8) is 0 Å². The lowest BCUT2D eigenvalue weighted by Crippen LogP contribution is -2.11. The highest BCUT2D eigenvalue weighted by atomic mass is 35.5. The number of halogens is 2. The average Bonchev–Trinajstić information content (AvgIpc) is 2.26. The number of nitro benzene ring substituents is 1. The predicted molar refractivity (Wildman–Crippen MR) is 53.8 cm³/mol. The van der Waals surface area contributed by atoms with Gasteiger partial charge in [-0.2, -0.15) is 5.26 Å². The van der Waals surface area contributed by atoms with Crippen LogP contribution in [-0.4, -0.2) is 16.9 Å². The maximum absolute atomic E-state index is 13.2. The van der Waals surface area contributed by atoms with Crippen LogP contribution in [0.25, 0.3) is 0 Å². The molecule has 0 amide bonds. The van der Waals surface area contributed by atoms with Gasteiger partial charge in [-0.15, -0.1) is 11.6 Å². The van der Waals surface area contributed by atoms with Crippen LogP contribution in [0.15, 0.2) is 18.2 Å². The number of nitro groups is 1. The van der Waals surface area contributed by atoms with E-state index < -0.39 is 27.6 Å². The molecule has 0 saturated carbocycles. The van der Waals surface area contributed by atoms with Crippen molar-refractivity contribution in [3.8, 4) is 11.8 Å². The first-order valence-electron chi connectivity index (χ1n) is 4.15. The molecule has 1 unspecified atom stereocenters. The molecular weight excluding hydrogens is 239 g/mol. The van der Waals surface area contributed by atoms with Gasteiger partial charge < -0.3 is 4.74 Å². The molecule has 0 aromatic heterocycles. The van der Waals surface area contributed by atoms with Gasteiger partial charge in [-0.1, -0.05) is 6.07 Å². The number of para-hydroxylation sites is 1. The molecule has 0 saturated heterocycles.